The van der Waals surface area contributed by atoms with Crippen molar-refractivity contribution in [3.8, 4) is 17.0 Å². The molecule has 146 valence electrons. The van der Waals surface area contributed by atoms with Gasteiger partial charge < -0.3 is 9.47 Å². The standard InChI is InChI=1S/C21H21F2N3O2/c1-27-17-5-2-14(3-6-17)21-16(11-24-25-21)12-26-8-9-28-20(13-26)15-4-7-18(22)19(23)10-15/h2-7,10-11,20H,8-9,12-13H2,1H3,(H,24,25). The zero-order valence-corrected chi connectivity index (χ0v) is 15.5. The third kappa shape index (κ3) is 3.90. The van der Waals surface area contributed by atoms with Gasteiger partial charge >= 0.3 is 0 Å². The van der Waals surface area contributed by atoms with Gasteiger partial charge in [-0.15, -0.1) is 0 Å². The number of halogens is 2. The minimum absolute atomic E-state index is 0.291. The second-order valence-corrected chi connectivity index (χ2v) is 6.77. The molecule has 0 radical (unpaired) electrons. The molecule has 0 amide bonds. The number of rotatable bonds is 5. The highest BCUT2D eigenvalue weighted by atomic mass is 19.2. The van der Waals surface area contributed by atoms with E-state index < -0.39 is 11.6 Å². The van der Waals surface area contributed by atoms with Crippen molar-refractivity contribution in [1.29, 1.82) is 0 Å². The number of methoxy groups -OCH3 is 1. The normalized spacial score (nSPS) is 17.6. The first-order valence-electron chi connectivity index (χ1n) is 9.09. The van der Waals surface area contributed by atoms with Gasteiger partial charge in [0, 0.05) is 30.8 Å². The molecule has 3 aromatic rings. The fraction of sp³-hybridized carbons (Fsp3) is 0.286. The molecule has 1 fully saturated rings. The lowest BCUT2D eigenvalue weighted by molar-refractivity contribution is -0.0330. The molecule has 1 aliphatic heterocycles. The lowest BCUT2D eigenvalue weighted by Gasteiger charge is -2.33. The van der Waals surface area contributed by atoms with E-state index in [4.69, 9.17) is 9.47 Å². The Morgan fingerprint density at radius 3 is 2.75 bits per heavy atom. The molecule has 0 spiro atoms. The highest BCUT2D eigenvalue weighted by Crippen LogP contribution is 2.28. The van der Waals surface area contributed by atoms with Crippen LogP contribution in [-0.2, 0) is 11.3 Å². The van der Waals surface area contributed by atoms with Crippen molar-refractivity contribution < 1.29 is 18.3 Å². The Morgan fingerprint density at radius 1 is 1.18 bits per heavy atom. The molecule has 4 rings (SSSR count). The summed E-state index contributed by atoms with van der Waals surface area (Å²) in [5, 5.41) is 7.27. The fourth-order valence-corrected chi connectivity index (χ4v) is 3.44. The number of hydrogen-bond acceptors (Lipinski definition) is 4. The maximum Gasteiger partial charge on any atom is 0.159 e. The van der Waals surface area contributed by atoms with E-state index >= 15 is 0 Å². The number of H-pyrrole nitrogens is 1. The lowest BCUT2D eigenvalue weighted by atomic mass is 10.1. The highest BCUT2D eigenvalue weighted by molar-refractivity contribution is 5.63. The van der Waals surface area contributed by atoms with Gasteiger partial charge in [0.1, 0.15) is 5.75 Å². The number of ether oxygens (including phenoxy) is 2. The van der Waals surface area contributed by atoms with Crippen molar-refractivity contribution in [2.45, 2.75) is 12.6 Å². The van der Waals surface area contributed by atoms with Crippen molar-refractivity contribution in [3.05, 3.63) is 71.4 Å². The minimum atomic E-state index is -0.852. The molecule has 2 heterocycles. The van der Waals surface area contributed by atoms with Crippen LogP contribution in [0.15, 0.2) is 48.7 Å². The van der Waals surface area contributed by atoms with E-state index in [9.17, 15) is 8.78 Å². The summed E-state index contributed by atoms with van der Waals surface area (Å²) in [5.41, 5.74) is 3.69. The van der Waals surface area contributed by atoms with Crippen LogP contribution in [0, 0.1) is 11.6 Å². The zero-order valence-electron chi connectivity index (χ0n) is 15.5. The van der Waals surface area contributed by atoms with Crippen LogP contribution >= 0.6 is 0 Å². The van der Waals surface area contributed by atoms with Crippen LogP contribution < -0.4 is 4.74 Å². The third-order valence-corrected chi connectivity index (χ3v) is 4.96. The maximum absolute atomic E-state index is 13.6. The summed E-state index contributed by atoms with van der Waals surface area (Å²) in [6.07, 6.45) is 1.53. The van der Waals surface area contributed by atoms with Gasteiger partial charge in [0.15, 0.2) is 11.6 Å². The molecule has 1 aliphatic rings. The van der Waals surface area contributed by atoms with E-state index in [0.29, 0.717) is 25.3 Å². The van der Waals surface area contributed by atoms with Gasteiger partial charge in [-0.05, 0) is 42.0 Å². The molecular weight excluding hydrogens is 364 g/mol. The number of aromatic amines is 1. The summed E-state index contributed by atoms with van der Waals surface area (Å²) in [6.45, 7) is 2.56. The average Bonchev–Trinajstić information content (AvgIpc) is 3.18. The molecule has 1 unspecified atom stereocenters. The lowest BCUT2D eigenvalue weighted by Crippen LogP contribution is -2.37. The molecule has 0 aliphatic carbocycles. The van der Waals surface area contributed by atoms with Crippen LogP contribution in [0.4, 0.5) is 8.78 Å². The van der Waals surface area contributed by atoms with Crippen LogP contribution in [-0.4, -0.2) is 41.9 Å². The van der Waals surface area contributed by atoms with Crippen molar-refractivity contribution >= 4 is 0 Å². The summed E-state index contributed by atoms with van der Waals surface area (Å²) < 4.78 is 37.8. The number of aromatic nitrogens is 2. The second-order valence-electron chi connectivity index (χ2n) is 6.77. The van der Waals surface area contributed by atoms with Crippen molar-refractivity contribution in [2.75, 3.05) is 26.8 Å². The second kappa shape index (κ2) is 8.08. The zero-order chi connectivity index (χ0) is 19.5. The van der Waals surface area contributed by atoms with Crippen LogP contribution in [0.3, 0.4) is 0 Å². The first kappa shape index (κ1) is 18.6. The molecule has 1 N–H and O–H groups in total. The largest absolute Gasteiger partial charge is 0.497 e. The molecule has 0 bridgehead atoms. The van der Waals surface area contributed by atoms with Crippen molar-refractivity contribution in [2.24, 2.45) is 0 Å². The van der Waals surface area contributed by atoms with Gasteiger partial charge in [-0.1, -0.05) is 6.07 Å². The van der Waals surface area contributed by atoms with Crippen molar-refractivity contribution in [3.63, 3.8) is 0 Å². The monoisotopic (exact) mass is 385 g/mol. The fourth-order valence-electron chi connectivity index (χ4n) is 3.44. The summed E-state index contributed by atoms with van der Waals surface area (Å²) in [6, 6.07) is 11.7. The Hall–Kier alpha value is -2.77. The predicted octanol–water partition coefficient (Wildman–Crippen LogP) is 3.94. The van der Waals surface area contributed by atoms with Crippen molar-refractivity contribution in [1.82, 2.24) is 15.1 Å². The average molecular weight is 385 g/mol. The number of benzene rings is 2. The predicted molar refractivity (Wildman–Crippen MR) is 101 cm³/mol. The van der Waals surface area contributed by atoms with E-state index in [1.807, 2.05) is 30.5 Å². The summed E-state index contributed by atoms with van der Waals surface area (Å²) in [7, 11) is 1.64. The van der Waals surface area contributed by atoms with Gasteiger partial charge in [0.05, 0.1) is 31.7 Å². The number of nitrogens with zero attached hydrogens (tertiary/aromatic N) is 2. The minimum Gasteiger partial charge on any atom is -0.497 e. The van der Waals surface area contributed by atoms with Gasteiger partial charge in [-0.3, -0.25) is 10.00 Å². The molecule has 5 nitrogen and oxygen atoms in total. The van der Waals surface area contributed by atoms with E-state index in [1.165, 1.54) is 6.07 Å². The molecule has 7 heteroatoms. The van der Waals surface area contributed by atoms with Crippen LogP contribution in [0.2, 0.25) is 0 Å². The Labute approximate surface area is 161 Å². The molecule has 1 aromatic heterocycles. The number of hydrogen-bond donors (Lipinski definition) is 1. The molecule has 2 aromatic carbocycles. The third-order valence-electron chi connectivity index (χ3n) is 4.96. The molecular formula is C21H21F2N3O2. The van der Waals surface area contributed by atoms with Gasteiger partial charge in [-0.25, -0.2) is 8.78 Å². The van der Waals surface area contributed by atoms with E-state index in [2.05, 4.69) is 15.1 Å². The molecule has 0 saturated carbocycles. The first-order valence-corrected chi connectivity index (χ1v) is 9.09. The van der Waals surface area contributed by atoms with Gasteiger partial charge in [0.2, 0.25) is 0 Å². The summed E-state index contributed by atoms with van der Waals surface area (Å²) in [4.78, 5) is 2.23. The van der Waals surface area contributed by atoms with Crippen LogP contribution in [0.25, 0.3) is 11.3 Å². The Bertz CT molecular complexity index is 943. The Kier molecular flexibility index (Phi) is 5.36. The number of nitrogens with one attached hydrogen (secondary N) is 1. The van der Waals surface area contributed by atoms with Crippen LogP contribution in [0.5, 0.6) is 5.75 Å². The van der Waals surface area contributed by atoms with Crippen LogP contribution in [0.1, 0.15) is 17.2 Å². The van der Waals surface area contributed by atoms with E-state index in [-0.39, 0.29) is 6.10 Å². The Morgan fingerprint density at radius 2 is 2.00 bits per heavy atom. The number of morpholine rings is 1. The van der Waals surface area contributed by atoms with E-state index in [1.54, 1.807) is 13.2 Å². The Balaban J connectivity index is 1.48. The summed E-state index contributed by atoms with van der Waals surface area (Å²) in [5.74, 6) is -0.902. The van der Waals surface area contributed by atoms with Gasteiger partial charge in [-0.2, -0.15) is 5.10 Å². The summed E-state index contributed by atoms with van der Waals surface area (Å²) >= 11 is 0. The smallest absolute Gasteiger partial charge is 0.159 e. The molecule has 1 atom stereocenters. The topological polar surface area (TPSA) is 50.4 Å². The SMILES string of the molecule is COc1ccc(-c2[nH]ncc2CN2CCOC(c3ccc(F)c(F)c3)C2)cc1. The van der Waals surface area contributed by atoms with Gasteiger partial charge in [0.25, 0.3) is 0 Å². The highest BCUT2D eigenvalue weighted by Gasteiger charge is 2.24. The van der Waals surface area contributed by atoms with E-state index in [0.717, 1.165) is 35.2 Å². The molecule has 1 saturated heterocycles. The first-order chi connectivity index (χ1) is 13.6. The molecule has 28 heavy (non-hydrogen) atoms. The quantitative estimate of drug-likeness (QED) is 0.723. The maximum atomic E-state index is 13.6.